The van der Waals surface area contributed by atoms with Crippen molar-refractivity contribution < 1.29 is 14.7 Å². The minimum atomic E-state index is -0.582. The van der Waals surface area contributed by atoms with E-state index < -0.39 is 5.25 Å². The van der Waals surface area contributed by atoms with E-state index in [1.807, 2.05) is 18.2 Å². The van der Waals surface area contributed by atoms with E-state index >= 15 is 0 Å². The van der Waals surface area contributed by atoms with Crippen LogP contribution in [0.25, 0.3) is 0 Å². The van der Waals surface area contributed by atoms with Gasteiger partial charge in [0.25, 0.3) is 0 Å². The van der Waals surface area contributed by atoms with Crippen LogP contribution in [0, 0.1) is 0 Å². The van der Waals surface area contributed by atoms with E-state index in [0.29, 0.717) is 11.4 Å². The summed E-state index contributed by atoms with van der Waals surface area (Å²) < 4.78 is 0. The van der Waals surface area contributed by atoms with Crippen molar-refractivity contribution >= 4 is 40.1 Å². The second-order valence-electron chi connectivity index (χ2n) is 5.85. The highest BCUT2D eigenvalue weighted by molar-refractivity contribution is 8.15. The van der Waals surface area contributed by atoms with Crippen molar-refractivity contribution in [1.82, 2.24) is 5.32 Å². The van der Waals surface area contributed by atoms with Crippen molar-refractivity contribution in [3.8, 4) is 5.75 Å². The molecule has 138 valence electrons. The van der Waals surface area contributed by atoms with Crippen LogP contribution in [0.4, 0.5) is 5.69 Å². The zero-order chi connectivity index (χ0) is 19.2. The largest absolute Gasteiger partial charge is 0.508 e. The molecule has 2 aromatic carbocycles. The highest BCUT2D eigenvalue weighted by atomic mass is 32.2. The SMILES string of the molecule is C/C(=N/N=C1/NC(=O)C[C@@H](C(=O)Nc2ccccc2)S1)c1ccc(O)cc1. The predicted molar refractivity (Wildman–Crippen MR) is 107 cm³/mol. The van der Waals surface area contributed by atoms with Gasteiger partial charge in [0.05, 0.1) is 5.71 Å². The number of anilines is 1. The van der Waals surface area contributed by atoms with Gasteiger partial charge in [-0.2, -0.15) is 5.10 Å². The first-order valence-electron chi connectivity index (χ1n) is 8.25. The molecule has 1 aliphatic heterocycles. The lowest BCUT2D eigenvalue weighted by molar-refractivity contribution is -0.123. The summed E-state index contributed by atoms with van der Waals surface area (Å²) in [6.07, 6.45) is 0.0724. The van der Waals surface area contributed by atoms with E-state index in [1.165, 1.54) is 0 Å². The van der Waals surface area contributed by atoms with Crippen LogP contribution < -0.4 is 10.6 Å². The third-order valence-electron chi connectivity index (χ3n) is 3.78. The predicted octanol–water partition coefficient (Wildman–Crippen LogP) is 2.73. The Labute approximate surface area is 160 Å². The van der Waals surface area contributed by atoms with Crippen molar-refractivity contribution in [3.05, 3.63) is 60.2 Å². The third kappa shape index (κ3) is 5.18. The maximum atomic E-state index is 12.4. The van der Waals surface area contributed by atoms with Crippen LogP contribution in [0.1, 0.15) is 18.9 Å². The first kappa shape index (κ1) is 18.7. The topological polar surface area (TPSA) is 103 Å². The Kier molecular flexibility index (Phi) is 5.87. The summed E-state index contributed by atoms with van der Waals surface area (Å²) in [4.78, 5) is 24.4. The molecule has 0 aliphatic carbocycles. The molecule has 0 spiro atoms. The number of phenols is 1. The van der Waals surface area contributed by atoms with Crippen molar-refractivity contribution in [2.45, 2.75) is 18.6 Å². The highest BCUT2D eigenvalue weighted by Gasteiger charge is 2.30. The summed E-state index contributed by atoms with van der Waals surface area (Å²) in [6, 6.07) is 15.6. The molecule has 0 aromatic heterocycles. The quantitative estimate of drug-likeness (QED) is 0.559. The van der Waals surface area contributed by atoms with Crippen LogP contribution in [0.2, 0.25) is 0 Å². The van der Waals surface area contributed by atoms with Crippen LogP contribution in [-0.2, 0) is 9.59 Å². The van der Waals surface area contributed by atoms with Gasteiger partial charge in [-0.3, -0.25) is 9.59 Å². The molecule has 0 saturated carbocycles. The second-order valence-corrected chi connectivity index (χ2v) is 7.04. The maximum Gasteiger partial charge on any atom is 0.238 e. The maximum absolute atomic E-state index is 12.4. The number of thioether (sulfide) groups is 1. The molecule has 0 bridgehead atoms. The number of hydrogen-bond acceptors (Lipinski definition) is 6. The van der Waals surface area contributed by atoms with Crippen LogP contribution in [0.15, 0.2) is 64.8 Å². The number of carbonyl (C=O) groups excluding carboxylic acids is 2. The zero-order valence-corrected chi connectivity index (χ0v) is 15.4. The molecule has 2 aromatic rings. The van der Waals surface area contributed by atoms with Gasteiger partial charge in [-0.25, -0.2) is 0 Å². The number of nitrogens with one attached hydrogen (secondary N) is 2. The molecular formula is C19H18N4O3S. The molecule has 3 rings (SSSR count). The van der Waals surface area contributed by atoms with Crippen LogP contribution in [0.3, 0.4) is 0 Å². The molecule has 3 N–H and O–H groups in total. The van der Waals surface area contributed by atoms with Crippen molar-refractivity contribution in [3.63, 3.8) is 0 Å². The molecule has 1 fully saturated rings. The van der Waals surface area contributed by atoms with E-state index in [9.17, 15) is 14.7 Å². The van der Waals surface area contributed by atoms with Gasteiger partial charge in [-0.15, -0.1) is 5.10 Å². The van der Waals surface area contributed by atoms with Gasteiger partial charge in [-0.05, 0) is 48.9 Å². The fourth-order valence-corrected chi connectivity index (χ4v) is 3.30. The first-order valence-corrected chi connectivity index (χ1v) is 9.13. The molecule has 7 nitrogen and oxygen atoms in total. The molecule has 1 aliphatic rings. The van der Waals surface area contributed by atoms with E-state index in [1.54, 1.807) is 43.3 Å². The lowest BCUT2D eigenvalue weighted by Crippen LogP contribution is -2.41. The number of amides is 2. The third-order valence-corrected chi connectivity index (χ3v) is 4.85. The number of aromatic hydroxyl groups is 1. The van der Waals surface area contributed by atoms with Crippen molar-refractivity contribution in [2.75, 3.05) is 5.32 Å². The number of rotatable bonds is 4. The minimum absolute atomic E-state index is 0.0724. The summed E-state index contributed by atoms with van der Waals surface area (Å²) in [5, 5.41) is 22.6. The molecule has 8 heteroatoms. The van der Waals surface area contributed by atoms with Gasteiger partial charge in [0, 0.05) is 12.1 Å². The zero-order valence-electron chi connectivity index (χ0n) is 14.5. The van der Waals surface area contributed by atoms with Gasteiger partial charge >= 0.3 is 0 Å². The molecule has 1 heterocycles. The van der Waals surface area contributed by atoms with Crippen LogP contribution in [-0.4, -0.2) is 33.1 Å². The molecule has 0 radical (unpaired) electrons. The number of nitrogens with zero attached hydrogens (tertiary/aromatic N) is 2. The molecule has 0 unspecified atom stereocenters. The Morgan fingerprint density at radius 1 is 1.19 bits per heavy atom. The van der Waals surface area contributed by atoms with E-state index in [4.69, 9.17) is 0 Å². The monoisotopic (exact) mass is 382 g/mol. The van der Waals surface area contributed by atoms with E-state index in [-0.39, 0.29) is 29.2 Å². The highest BCUT2D eigenvalue weighted by Crippen LogP contribution is 2.22. The summed E-state index contributed by atoms with van der Waals surface area (Å²) in [5.41, 5.74) is 2.09. The molecule has 1 atom stereocenters. The molecule has 27 heavy (non-hydrogen) atoms. The fourth-order valence-electron chi connectivity index (χ4n) is 2.36. The summed E-state index contributed by atoms with van der Waals surface area (Å²) in [5.74, 6) is -0.369. The lowest BCUT2D eigenvalue weighted by atomic mass is 10.1. The van der Waals surface area contributed by atoms with E-state index in [2.05, 4.69) is 20.8 Å². The fraction of sp³-hybridized carbons (Fsp3) is 0.158. The number of hydrogen-bond donors (Lipinski definition) is 3. The summed E-state index contributed by atoms with van der Waals surface area (Å²) >= 11 is 1.16. The normalized spacial score (nSPS) is 18.9. The Morgan fingerprint density at radius 3 is 2.59 bits per heavy atom. The Morgan fingerprint density at radius 2 is 1.89 bits per heavy atom. The van der Waals surface area contributed by atoms with Crippen LogP contribution >= 0.6 is 11.8 Å². The van der Waals surface area contributed by atoms with Gasteiger partial charge < -0.3 is 15.7 Å². The molecular weight excluding hydrogens is 364 g/mol. The standard InChI is InChI=1S/C19H18N4O3S/c1-12(13-7-9-15(24)10-8-13)22-23-19-21-17(25)11-16(27-19)18(26)20-14-5-3-2-4-6-14/h2-10,16,24H,11H2,1H3,(H,20,26)(H,21,23,25)/b22-12-/t16-/m0/s1. The van der Waals surface area contributed by atoms with Gasteiger partial charge in [0.2, 0.25) is 11.8 Å². The molecule has 1 saturated heterocycles. The van der Waals surface area contributed by atoms with Crippen LogP contribution in [0.5, 0.6) is 5.75 Å². The average molecular weight is 382 g/mol. The Bertz CT molecular complexity index is 895. The van der Waals surface area contributed by atoms with Gasteiger partial charge in [0.15, 0.2) is 5.17 Å². The number of benzene rings is 2. The number of phenolic OH excluding ortho intramolecular Hbond substituents is 1. The second kappa shape index (κ2) is 8.50. The smallest absolute Gasteiger partial charge is 0.238 e. The van der Waals surface area contributed by atoms with Crippen molar-refractivity contribution in [1.29, 1.82) is 0 Å². The molecule has 2 amide bonds. The summed E-state index contributed by atoms with van der Waals surface area (Å²) in [7, 11) is 0. The minimum Gasteiger partial charge on any atom is -0.508 e. The van der Waals surface area contributed by atoms with Crippen molar-refractivity contribution in [2.24, 2.45) is 10.2 Å². The van der Waals surface area contributed by atoms with Gasteiger partial charge in [-0.1, -0.05) is 30.0 Å². The average Bonchev–Trinajstić information content (AvgIpc) is 2.67. The summed E-state index contributed by atoms with van der Waals surface area (Å²) in [6.45, 7) is 1.77. The number of carbonyl (C=O) groups is 2. The lowest BCUT2D eigenvalue weighted by Gasteiger charge is -2.21. The Hall–Kier alpha value is -3.13. The number of amidine groups is 1. The number of para-hydroxylation sites is 1. The first-order chi connectivity index (χ1) is 13.0. The van der Waals surface area contributed by atoms with E-state index in [0.717, 1.165) is 17.3 Å². The Balaban J connectivity index is 1.69. The van der Waals surface area contributed by atoms with Gasteiger partial charge in [0.1, 0.15) is 11.0 Å².